The number of piperazine rings is 1. The number of amides is 2. The van der Waals surface area contributed by atoms with Crippen LogP contribution in [0.1, 0.15) is 27.0 Å². The number of rotatable bonds is 8. The number of nitrogens with zero attached hydrogens (tertiary/aromatic N) is 3. The van der Waals surface area contributed by atoms with Crippen molar-refractivity contribution >= 4 is 40.9 Å². The van der Waals surface area contributed by atoms with Gasteiger partial charge in [0.1, 0.15) is 0 Å². The molecule has 4 aromatic rings. The van der Waals surface area contributed by atoms with Crippen LogP contribution in [0, 0.1) is 6.92 Å². The van der Waals surface area contributed by atoms with Crippen molar-refractivity contribution in [2.45, 2.75) is 13.5 Å². The molecule has 0 bridgehead atoms. The summed E-state index contributed by atoms with van der Waals surface area (Å²) >= 11 is 6.15. The summed E-state index contributed by atoms with van der Waals surface area (Å²) < 4.78 is 6.04. The van der Waals surface area contributed by atoms with Crippen LogP contribution in [-0.2, 0) is 11.3 Å². The summed E-state index contributed by atoms with van der Waals surface area (Å²) in [6.45, 7) is 7.55. The molecule has 0 unspecified atom stereocenters. The molecule has 2 amide bonds. The first-order chi connectivity index (χ1) is 21.4. The first-order valence-electron chi connectivity index (χ1n) is 14.9. The molecule has 0 saturated carbocycles. The zero-order chi connectivity index (χ0) is 30.5. The van der Waals surface area contributed by atoms with E-state index in [-0.39, 0.29) is 17.6 Å². The zero-order valence-corrected chi connectivity index (χ0v) is 25.5. The van der Waals surface area contributed by atoms with Crippen LogP contribution in [0.3, 0.4) is 0 Å². The number of nitrogens with one attached hydrogen (secondary N) is 1. The highest BCUT2D eigenvalue weighted by Gasteiger charge is 2.30. The molecule has 8 heteroatoms. The van der Waals surface area contributed by atoms with E-state index in [1.165, 1.54) is 0 Å². The van der Waals surface area contributed by atoms with Crippen molar-refractivity contribution in [1.29, 1.82) is 0 Å². The van der Waals surface area contributed by atoms with E-state index >= 15 is 0 Å². The Morgan fingerprint density at radius 3 is 2.45 bits per heavy atom. The van der Waals surface area contributed by atoms with Crippen molar-refractivity contribution in [3.63, 3.8) is 0 Å². The Hall–Kier alpha value is -4.59. The quantitative estimate of drug-likeness (QED) is 0.243. The molecule has 0 aromatic heterocycles. The molecule has 7 nitrogen and oxygen atoms in total. The van der Waals surface area contributed by atoms with E-state index in [2.05, 4.69) is 27.2 Å². The Kier molecular flexibility index (Phi) is 8.96. The fraction of sp³-hybridized carbons (Fsp3) is 0.222. The highest BCUT2D eigenvalue weighted by molar-refractivity contribution is 6.30. The van der Waals surface area contributed by atoms with Gasteiger partial charge in [-0.05, 0) is 66.6 Å². The topological polar surface area (TPSA) is 65.1 Å². The van der Waals surface area contributed by atoms with Gasteiger partial charge in [-0.15, -0.1) is 0 Å². The second-order valence-corrected chi connectivity index (χ2v) is 11.6. The molecule has 0 spiro atoms. The molecule has 1 N–H and O–H groups in total. The maximum Gasteiger partial charge on any atom is 0.294 e. The number of halogens is 1. The molecule has 1 saturated heterocycles. The third-order valence-electron chi connectivity index (χ3n) is 7.98. The van der Waals surface area contributed by atoms with Crippen LogP contribution >= 0.6 is 11.6 Å². The molecule has 2 aliphatic heterocycles. The maximum atomic E-state index is 13.6. The van der Waals surface area contributed by atoms with Crippen LogP contribution in [0.4, 0.5) is 11.4 Å². The average molecular weight is 607 g/mol. The van der Waals surface area contributed by atoms with Crippen LogP contribution in [0.5, 0.6) is 5.75 Å². The zero-order valence-electron chi connectivity index (χ0n) is 24.7. The molecule has 2 heterocycles. The van der Waals surface area contributed by atoms with Crippen LogP contribution in [0.15, 0.2) is 103 Å². The smallest absolute Gasteiger partial charge is 0.294 e. The summed E-state index contributed by atoms with van der Waals surface area (Å²) in [5, 5.41) is 3.79. The molecule has 0 atom stereocenters. The SMILES string of the molecule is Cc1cccc(CN2C(=O)C(=Cc3ccc(C(=O)NCCN4CCN(c5cccc(Cl)c5)CC4)cc3)Oc3ccccc32)c1. The number of ether oxygens (including phenoxy) is 1. The predicted molar refractivity (Wildman–Crippen MR) is 176 cm³/mol. The first-order valence-corrected chi connectivity index (χ1v) is 15.3. The number of fused-ring (bicyclic) bond motifs is 1. The van der Waals surface area contributed by atoms with Crippen molar-refractivity contribution in [2.75, 3.05) is 49.1 Å². The third kappa shape index (κ3) is 6.96. The Morgan fingerprint density at radius 2 is 1.68 bits per heavy atom. The van der Waals surface area contributed by atoms with Gasteiger partial charge in [-0.25, -0.2) is 0 Å². The Labute approximate surface area is 263 Å². The van der Waals surface area contributed by atoms with Gasteiger partial charge in [-0.2, -0.15) is 0 Å². The lowest BCUT2D eigenvalue weighted by Crippen LogP contribution is -2.48. The van der Waals surface area contributed by atoms with Gasteiger partial charge < -0.3 is 15.0 Å². The molecule has 0 aliphatic carbocycles. The Bertz CT molecular complexity index is 1680. The summed E-state index contributed by atoms with van der Waals surface area (Å²) in [7, 11) is 0. The maximum absolute atomic E-state index is 13.6. The molecule has 2 aliphatic rings. The number of hydrogen-bond donors (Lipinski definition) is 1. The standard InChI is InChI=1S/C36H35ClN4O3/c1-26-6-4-7-28(22-26)25-41-32-10-2-3-11-33(32)44-34(36(41)43)23-27-12-14-29(15-13-27)35(42)38-16-17-39-18-20-40(21-19-39)31-9-5-8-30(37)24-31/h2-15,22-24H,16-21,25H2,1H3,(H,38,42). The first kappa shape index (κ1) is 29.5. The van der Waals surface area contributed by atoms with Gasteiger partial charge in [0.05, 0.1) is 12.2 Å². The second-order valence-electron chi connectivity index (χ2n) is 11.1. The van der Waals surface area contributed by atoms with Crippen molar-refractivity contribution in [3.05, 3.63) is 130 Å². The number of hydrogen-bond acceptors (Lipinski definition) is 5. The van der Waals surface area contributed by atoms with Crippen LogP contribution in [-0.4, -0.2) is 56.0 Å². The molecular weight excluding hydrogens is 572 g/mol. The van der Waals surface area contributed by atoms with E-state index in [4.69, 9.17) is 16.3 Å². The highest BCUT2D eigenvalue weighted by Crippen LogP contribution is 2.36. The minimum absolute atomic E-state index is 0.120. The number of anilines is 2. The van der Waals surface area contributed by atoms with E-state index in [1.807, 2.05) is 79.7 Å². The normalized spacial score (nSPS) is 16.0. The summed E-state index contributed by atoms with van der Waals surface area (Å²) in [6.07, 6.45) is 1.73. The highest BCUT2D eigenvalue weighted by atomic mass is 35.5. The lowest BCUT2D eigenvalue weighted by atomic mass is 10.1. The predicted octanol–water partition coefficient (Wildman–Crippen LogP) is 6.17. The summed E-state index contributed by atoms with van der Waals surface area (Å²) in [4.78, 5) is 32.8. The van der Waals surface area contributed by atoms with Crippen LogP contribution in [0.25, 0.3) is 6.08 Å². The lowest BCUT2D eigenvalue weighted by Gasteiger charge is -2.36. The second kappa shape index (κ2) is 13.4. The van der Waals surface area contributed by atoms with Gasteiger partial charge in [0.2, 0.25) is 0 Å². The summed E-state index contributed by atoms with van der Waals surface area (Å²) in [5.41, 5.74) is 5.42. The molecular formula is C36H35ClN4O3. The Morgan fingerprint density at radius 1 is 0.909 bits per heavy atom. The molecule has 4 aromatic carbocycles. The van der Waals surface area contributed by atoms with Gasteiger partial charge in [0.15, 0.2) is 11.5 Å². The van der Waals surface area contributed by atoms with Crippen molar-refractivity contribution in [2.24, 2.45) is 0 Å². The molecule has 1 fully saturated rings. The minimum Gasteiger partial charge on any atom is -0.449 e. The molecule has 6 rings (SSSR count). The molecule has 224 valence electrons. The van der Waals surface area contributed by atoms with Gasteiger partial charge in [0, 0.05) is 55.5 Å². The van der Waals surface area contributed by atoms with E-state index < -0.39 is 0 Å². The van der Waals surface area contributed by atoms with Crippen molar-refractivity contribution in [3.8, 4) is 5.75 Å². The van der Waals surface area contributed by atoms with E-state index in [0.717, 1.165) is 65.8 Å². The summed E-state index contributed by atoms with van der Waals surface area (Å²) in [5.74, 6) is 0.544. The van der Waals surface area contributed by atoms with Gasteiger partial charge >= 0.3 is 0 Å². The third-order valence-corrected chi connectivity index (χ3v) is 8.22. The average Bonchev–Trinajstić information content (AvgIpc) is 3.04. The van der Waals surface area contributed by atoms with Gasteiger partial charge in [-0.1, -0.05) is 71.8 Å². The number of aryl methyl sites for hydroxylation is 1. The van der Waals surface area contributed by atoms with Crippen LogP contribution < -0.4 is 19.9 Å². The van der Waals surface area contributed by atoms with E-state index in [0.29, 0.717) is 24.4 Å². The van der Waals surface area contributed by atoms with Crippen LogP contribution in [0.2, 0.25) is 5.02 Å². The van der Waals surface area contributed by atoms with Crippen molar-refractivity contribution in [1.82, 2.24) is 10.2 Å². The monoisotopic (exact) mass is 606 g/mol. The fourth-order valence-electron chi connectivity index (χ4n) is 5.63. The lowest BCUT2D eigenvalue weighted by molar-refractivity contribution is -0.117. The number of benzene rings is 4. The Balaban J connectivity index is 1.04. The molecule has 0 radical (unpaired) electrons. The van der Waals surface area contributed by atoms with Crippen molar-refractivity contribution < 1.29 is 14.3 Å². The van der Waals surface area contributed by atoms with Gasteiger partial charge in [-0.3, -0.25) is 19.4 Å². The largest absolute Gasteiger partial charge is 0.449 e. The van der Waals surface area contributed by atoms with E-state index in [9.17, 15) is 9.59 Å². The number of para-hydroxylation sites is 2. The summed E-state index contributed by atoms with van der Waals surface area (Å²) in [6, 6.07) is 30.9. The van der Waals surface area contributed by atoms with Gasteiger partial charge in [0.25, 0.3) is 11.8 Å². The number of carbonyl (C=O) groups is 2. The van der Waals surface area contributed by atoms with E-state index in [1.54, 1.807) is 23.1 Å². The fourth-order valence-corrected chi connectivity index (χ4v) is 5.81. The minimum atomic E-state index is -0.208. The molecule has 44 heavy (non-hydrogen) atoms. The number of carbonyl (C=O) groups excluding carboxylic acids is 2.